The normalized spacial score (nSPS) is 13.8. The van der Waals surface area contributed by atoms with Gasteiger partial charge in [0.2, 0.25) is 0 Å². The van der Waals surface area contributed by atoms with Crippen molar-refractivity contribution in [1.82, 2.24) is 0 Å². The molecule has 18 heavy (non-hydrogen) atoms. The van der Waals surface area contributed by atoms with Crippen LogP contribution in [0.25, 0.3) is 0 Å². The minimum Gasteiger partial charge on any atom is -0.508 e. The molecule has 2 aromatic rings. The summed E-state index contributed by atoms with van der Waals surface area (Å²) in [5.41, 5.74) is 4.91. The van der Waals surface area contributed by atoms with Crippen molar-refractivity contribution in [2.75, 3.05) is 11.9 Å². The molecule has 0 spiro atoms. The van der Waals surface area contributed by atoms with Crippen LogP contribution in [0.2, 0.25) is 0 Å². The van der Waals surface area contributed by atoms with Gasteiger partial charge in [0.1, 0.15) is 5.75 Å². The van der Waals surface area contributed by atoms with E-state index in [0.717, 1.165) is 24.9 Å². The molecule has 0 atom stereocenters. The number of hydrogen-bond acceptors (Lipinski definition) is 2. The Hall–Kier alpha value is -1.96. The molecule has 0 radical (unpaired) electrons. The van der Waals surface area contributed by atoms with E-state index in [1.54, 1.807) is 6.07 Å². The molecule has 0 aromatic heterocycles. The van der Waals surface area contributed by atoms with Crippen LogP contribution in [-0.2, 0) is 12.8 Å². The summed E-state index contributed by atoms with van der Waals surface area (Å²) in [7, 11) is 0. The van der Waals surface area contributed by atoms with Crippen molar-refractivity contribution in [3.8, 4) is 5.75 Å². The number of benzene rings is 2. The third kappa shape index (κ3) is 2.19. The molecular weight excluding hydrogens is 222 g/mol. The molecule has 0 bridgehead atoms. The summed E-state index contributed by atoms with van der Waals surface area (Å²) in [6.45, 7) is 1.08. The number of nitrogens with one attached hydrogen (secondary N) is 1. The number of phenolic OH excluding ortho intramolecular Hbond substituents is 1. The number of anilines is 1. The van der Waals surface area contributed by atoms with E-state index in [0.29, 0.717) is 5.75 Å². The average Bonchev–Trinajstić information content (AvgIpc) is 2.41. The van der Waals surface area contributed by atoms with Crippen LogP contribution in [0.3, 0.4) is 0 Å². The van der Waals surface area contributed by atoms with Gasteiger partial charge < -0.3 is 10.4 Å². The Labute approximate surface area is 107 Å². The predicted octanol–water partition coefficient (Wildman–Crippen LogP) is 3.34. The van der Waals surface area contributed by atoms with E-state index in [4.69, 9.17) is 0 Å². The molecule has 2 nitrogen and oxygen atoms in total. The lowest BCUT2D eigenvalue weighted by Gasteiger charge is -2.18. The maximum absolute atomic E-state index is 9.80. The zero-order valence-corrected chi connectivity index (χ0v) is 10.3. The van der Waals surface area contributed by atoms with Crippen LogP contribution in [-0.4, -0.2) is 11.7 Å². The number of phenols is 1. The number of fused-ring (bicyclic) bond motifs is 1. The Morgan fingerprint density at radius 2 is 2.00 bits per heavy atom. The van der Waals surface area contributed by atoms with E-state index >= 15 is 0 Å². The molecule has 0 saturated carbocycles. The average molecular weight is 239 g/mol. The van der Waals surface area contributed by atoms with E-state index in [-0.39, 0.29) is 0 Å². The third-order valence-electron chi connectivity index (χ3n) is 3.49. The standard InChI is InChI=1S/C16H17NO/c18-16-6-2-1-4-14(16)11-12-7-8-15-13(10-12)5-3-9-17-15/h1-2,4,6-8,10,17-18H,3,5,9,11H2. The van der Waals surface area contributed by atoms with Crippen molar-refractivity contribution >= 4 is 5.69 Å². The molecule has 2 heteroatoms. The first-order valence-electron chi connectivity index (χ1n) is 6.45. The molecule has 0 amide bonds. The first kappa shape index (κ1) is 11.1. The molecule has 2 aromatic carbocycles. The van der Waals surface area contributed by atoms with Crippen LogP contribution >= 0.6 is 0 Å². The zero-order valence-electron chi connectivity index (χ0n) is 10.3. The van der Waals surface area contributed by atoms with Crippen molar-refractivity contribution < 1.29 is 5.11 Å². The third-order valence-corrected chi connectivity index (χ3v) is 3.49. The van der Waals surface area contributed by atoms with Gasteiger partial charge in [-0.3, -0.25) is 0 Å². The largest absolute Gasteiger partial charge is 0.508 e. The Balaban J connectivity index is 1.87. The quantitative estimate of drug-likeness (QED) is 0.842. The summed E-state index contributed by atoms with van der Waals surface area (Å²) >= 11 is 0. The lowest BCUT2D eigenvalue weighted by atomic mass is 9.97. The van der Waals surface area contributed by atoms with Crippen molar-refractivity contribution in [2.45, 2.75) is 19.3 Å². The summed E-state index contributed by atoms with van der Waals surface area (Å²) in [6.07, 6.45) is 3.14. The summed E-state index contributed by atoms with van der Waals surface area (Å²) < 4.78 is 0. The fraction of sp³-hybridized carbons (Fsp3) is 0.250. The second kappa shape index (κ2) is 4.73. The van der Waals surface area contributed by atoms with Crippen LogP contribution < -0.4 is 5.32 Å². The first-order chi connectivity index (χ1) is 8.83. The monoisotopic (exact) mass is 239 g/mol. The maximum Gasteiger partial charge on any atom is 0.119 e. The van der Waals surface area contributed by atoms with Gasteiger partial charge in [-0.1, -0.05) is 30.3 Å². The Kier molecular flexibility index (Phi) is 2.93. The van der Waals surface area contributed by atoms with Gasteiger partial charge in [0, 0.05) is 18.7 Å². The van der Waals surface area contributed by atoms with Gasteiger partial charge >= 0.3 is 0 Å². The lowest BCUT2D eigenvalue weighted by molar-refractivity contribution is 0.469. The van der Waals surface area contributed by atoms with Crippen LogP contribution in [0.1, 0.15) is 23.1 Å². The Morgan fingerprint density at radius 1 is 1.11 bits per heavy atom. The van der Waals surface area contributed by atoms with E-state index in [1.807, 2.05) is 18.2 Å². The summed E-state index contributed by atoms with van der Waals surface area (Å²) in [6, 6.07) is 14.1. The van der Waals surface area contributed by atoms with Crippen LogP contribution in [0, 0.1) is 0 Å². The van der Waals surface area contributed by atoms with Gasteiger partial charge in [0.15, 0.2) is 0 Å². The topological polar surface area (TPSA) is 32.3 Å². The highest BCUT2D eigenvalue weighted by molar-refractivity contribution is 5.55. The highest BCUT2D eigenvalue weighted by atomic mass is 16.3. The van der Waals surface area contributed by atoms with Crippen LogP contribution in [0.4, 0.5) is 5.69 Å². The summed E-state index contributed by atoms with van der Waals surface area (Å²) in [4.78, 5) is 0. The van der Waals surface area contributed by atoms with E-state index in [9.17, 15) is 5.11 Å². The number of rotatable bonds is 2. The summed E-state index contributed by atoms with van der Waals surface area (Å²) in [5, 5.41) is 13.2. The number of para-hydroxylation sites is 1. The smallest absolute Gasteiger partial charge is 0.119 e. The molecule has 3 rings (SSSR count). The highest BCUT2D eigenvalue weighted by Crippen LogP contribution is 2.25. The molecule has 1 heterocycles. The van der Waals surface area contributed by atoms with Gasteiger partial charge in [-0.2, -0.15) is 0 Å². The zero-order chi connectivity index (χ0) is 12.4. The molecule has 2 N–H and O–H groups in total. The van der Waals surface area contributed by atoms with Gasteiger partial charge in [0.25, 0.3) is 0 Å². The lowest BCUT2D eigenvalue weighted by Crippen LogP contribution is -2.11. The second-order valence-corrected chi connectivity index (χ2v) is 4.83. The van der Waals surface area contributed by atoms with Crippen LogP contribution in [0.5, 0.6) is 5.75 Å². The molecule has 0 fully saturated rings. The fourth-order valence-corrected chi connectivity index (χ4v) is 2.52. The Bertz CT molecular complexity index is 563. The maximum atomic E-state index is 9.80. The van der Waals surface area contributed by atoms with Gasteiger partial charge in [0.05, 0.1) is 0 Å². The van der Waals surface area contributed by atoms with E-state index in [2.05, 4.69) is 23.5 Å². The molecule has 92 valence electrons. The van der Waals surface area contributed by atoms with Crippen molar-refractivity contribution in [3.05, 3.63) is 59.2 Å². The molecule has 0 aliphatic carbocycles. The fourth-order valence-electron chi connectivity index (χ4n) is 2.52. The van der Waals surface area contributed by atoms with Crippen molar-refractivity contribution in [1.29, 1.82) is 0 Å². The van der Waals surface area contributed by atoms with E-state index < -0.39 is 0 Å². The SMILES string of the molecule is Oc1ccccc1Cc1ccc2c(c1)CCCN2. The van der Waals surface area contributed by atoms with Gasteiger partial charge in [-0.05, 0) is 41.7 Å². The molecule has 0 saturated heterocycles. The first-order valence-corrected chi connectivity index (χ1v) is 6.45. The predicted molar refractivity (Wildman–Crippen MR) is 74.2 cm³/mol. The van der Waals surface area contributed by atoms with Gasteiger partial charge in [-0.25, -0.2) is 0 Å². The van der Waals surface area contributed by atoms with Crippen molar-refractivity contribution in [3.63, 3.8) is 0 Å². The minimum absolute atomic E-state index is 0.383. The van der Waals surface area contributed by atoms with Gasteiger partial charge in [-0.15, -0.1) is 0 Å². The van der Waals surface area contributed by atoms with E-state index in [1.165, 1.54) is 23.2 Å². The molecular formula is C16H17NO. The minimum atomic E-state index is 0.383. The molecule has 0 unspecified atom stereocenters. The molecule has 1 aliphatic rings. The number of aryl methyl sites for hydroxylation is 1. The molecule has 1 aliphatic heterocycles. The Morgan fingerprint density at radius 3 is 2.89 bits per heavy atom. The van der Waals surface area contributed by atoms with Crippen LogP contribution in [0.15, 0.2) is 42.5 Å². The summed E-state index contributed by atoms with van der Waals surface area (Å²) in [5.74, 6) is 0.383. The van der Waals surface area contributed by atoms with Crippen molar-refractivity contribution in [2.24, 2.45) is 0 Å². The number of aromatic hydroxyl groups is 1. The second-order valence-electron chi connectivity index (χ2n) is 4.83. The highest BCUT2D eigenvalue weighted by Gasteiger charge is 2.09. The number of hydrogen-bond donors (Lipinski definition) is 2.